The number of rotatable bonds is 8. The first-order valence-electron chi connectivity index (χ1n) is 7.41. The van der Waals surface area contributed by atoms with Gasteiger partial charge in [0.1, 0.15) is 0 Å². The van der Waals surface area contributed by atoms with Gasteiger partial charge in [0.2, 0.25) is 5.91 Å². The van der Waals surface area contributed by atoms with Crippen molar-refractivity contribution in [3.05, 3.63) is 16.1 Å². The molecule has 0 unspecified atom stereocenters. The number of thiazole rings is 1. The first-order valence-corrected chi connectivity index (χ1v) is 8.29. The van der Waals surface area contributed by atoms with Crippen molar-refractivity contribution >= 4 is 17.2 Å². The predicted molar refractivity (Wildman–Crippen MR) is 85.0 cm³/mol. The fourth-order valence-electron chi connectivity index (χ4n) is 2.15. The first-order chi connectivity index (χ1) is 9.49. The van der Waals surface area contributed by atoms with Crippen molar-refractivity contribution in [2.24, 2.45) is 11.1 Å². The lowest BCUT2D eigenvalue weighted by molar-refractivity contribution is -0.131. The van der Waals surface area contributed by atoms with Gasteiger partial charge in [0.05, 0.1) is 16.1 Å². The van der Waals surface area contributed by atoms with Gasteiger partial charge in [0, 0.05) is 30.8 Å². The van der Waals surface area contributed by atoms with Crippen LogP contribution in [-0.4, -0.2) is 24.0 Å². The summed E-state index contributed by atoms with van der Waals surface area (Å²) < 4.78 is 0. The van der Waals surface area contributed by atoms with Gasteiger partial charge in [-0.25, -0.2) is 4.98 Å². The van der Waals surface area contributed by atoms with Gasteiger partial charge in [-0.3, -0.25) is 4.79 Å². The number of carbonyl (C=O) groups excluding carboxylic acids is 1. The van der Waals surface area contributed by atoms with Gasteiger partial charge in [-0.1, -0.05) is 27.7 Å². The summed E-state index contributed by atoms with van der Waals surface area (Å²) >= 11 is 1.69. The number of nitrogens with zero attached hydrogens (tertiary/aromatic N) is 1. The maximum absolute atomic E-state index is 12.3. The average Bonchev–Trinajstić information content (AvgIpc) is 2.90. The van der Waals surface area contributed by atoms with Crippen molar-refractivity contribution in [2.45, 2.75) is 52.9 Å². The molecule has 3 N–H and O–H groups in total. The van der Waals surface area contributed by atoms with Crippen molar-refractivity contribution < 1.29 is 4.79 Å². The Hall–Kier alpha value is -0.940. The summed E-state index contributed by atoms with van der Waals surface area (Å²) in [7, 11) is 0. The lowest BCUT2D eigenvalue weighted by atomic mass is 9.81. The van der Waals surface area contributed by atoms with Gasteiger partial charge < -0.3 is 11.1 Å². The smallest absolute Gasteiger partial charge is 0.227 e. The molecular weight excluding hydrogens is 270 g/mol. The molecule has 4 nitrogen and oxygen atoms in total. The summed E-state index contributed by atoms with van der Waals surface area (Å²) in [6, 6.07) is 0. The van der Waals surface area contributed by atoms with Gasteiger partial charge in [-0.2, -0.15) is 0 Å². The summed E-state index contributed by atoms with van der Waals surface area (Å²) in [5, 5.41) is 6.25. The third-order valence-electron chi connectivity index (χ3n) is 3.96. The number of amides is 1. The Labute approximate surface area is 126 Å². The Morgan fingerprint density at radius 3 is 2.55 bits per heavy atom. The molecule has 1 aromatic rings. The summed E-state index contributed by atoms with van der Waals surface area (Å²) in [4.78, 5) is 16.8. The van der Waals surface area contributed by atoms with E-state index in [9.17, 15) is 4.79 Å². The summed E-state index contributed by atoms with van der Waals surface area (Å²) in [6.07, 6.45) is 2.34. The zero-order valence-electron chi connectivity index (χ0n) is 13.0. The molecule has 0 aromatic carbocycles. The topological polar surface area (TPSA) is 68.0 Å². The summed E-state index contributed by atoms with van der Waals surface area (Å²) in [6.45, 7) is 9.35. The van der Waals surface area contributed by atoms with Crippen LogP contribution in [0.15, 0.2) is 5.38 Å². The minimum Gasteiger partial charge on any atom is -0.355 e. The Balaban J connectivity index is 2.48. The SMILES string of the molecule is CCC(CC)(CN)C(=O)NCCc1csc(C(C)C)n1. The largest absolute Gasteiger partial charge is 0.355 e. The highest BCUT2D eigenvalue weighted by atomic mass is 32.1. The van der Waals surface area contributed by atoms with Crippen molar-refractivity contribution in [3.63, 3.8) is 0 Å². The van der Waals surface area contributed by atoms with Crippen LogP contribution in [0.2, 0.25) is 0 Å². The van der Waals surface area contributed by atoms with Crippen LogP contribution in [0.4, 0.5) is 0 Å². The number of hydrogen-bond acceptors (Lipinski definition) is 4. The van der Waals surface area contributed by atoms with E-state index in [4.69, 9.17) is 5.73 Å². The number of aromatic nitrogens is 1. The minimum atomic E-state index is -0.412. The number of hydrogen-bond donors (Lipinski definition) is 2. The van der Waals surface area contributed by atoms with E-state index in [0.29, 0.717) is 19.0 Å². The zero-order valence-corrected chi connectivity index (χ0v) is 13.8. The van der Waals surface area contributed by atoms with E-state index < -0.39 is 5.41 Å². The first kappa shape index (κ1) is 17.1. The maximum Gasteiger partial charge on any atom is 0.227 e. The Morgan fingerprint density at radius 1 is 1.45 bits per heavy atom. The van der Waals surface area contributed by atoms with E-state index in [1.54, 1.807) is 11.3 Å². The standard InChI is InChI=1S/C15H27N3OS/c1-5-15(6-2,10-16)14(19)17-8-7-12-9-20-13(18-12)11(3)4/h9,11H,5-8,10,16H2,1-4H3,(H,17,19). The third-order valence-corrected chi connectivity index (χ3v) is 5.15. The lowest BCUT2D eigenvalue weighted by Gasteiger charge is -2.28. The second-order valence-electron chi connectivity index (χ2n) is 5.53. The van der Waals surface area contributed by atoms with E-state index in [2.05, 4.69) is 29.5 Å². The molecule has 0 fully saturated rings. The van der Waals surface area contributed by atoms with Crippen LogP contribution >= 0.6 is 11.3 Å². The monoisotopic (exact) mass is 297 g/mol. The van der Waals surface area contributed by atoms with Crippen molar-refractivity contribution in [2.75, 3.05) is 13.1 Å². The fourth-order valence-corrected chi connectivity index (χ4v) is 3.02. The lowest BCUT2D eigenvalue weighted by Crippen LogP contribution is -2.45. The molecule has 1 aromatic heterocycles. The summed E-state index contributed by atoms with van der Waals surface area (Å²) in [5.41, 5.74) is 6.43. The van der Waals surface area contributed by atoms with E-state index in [-0.39, 0.29) is 5.91 Å². The van der Waals surface area contributed by atoms with Crippen molar-refractivity contribution in [3.8, 4) is 0 Å². The van der Waals surface area contributed by atoms with Gasteiger partial charge in [0.15, 0.2) is 0 Å². The third kappa shape index (κ3) is 4.03. The molecule has 0 saturated heterocycles. The van der Waals surface area contributed by atoms with Crippen LogP contribution in [-0.2, 0) is 11.2 Å². The Morgan fingerprint density at radius 2 is 2.10 bits per heavy atom. The molecule has 1 heterocycles. The molecule has 0 aliphatic rings. The molecule has 20 heavy (non-hydrogen) atoms. The van der Waals surface area contributed by atoms with E-state index >= 15 is 0 Å². The highest BCUT2D eigenvalue weighted by Gasteiger charge is 2.32. The molecule has 0 spiro atoms. The van der Waals surface area contributed by atoms with Crippen LogP contribution < -0.4 is 11.1 Å². The van der Waals surface area contributed by atoms with E-state index in [1.165, 1.54) is 0 Å². The van der Waals surface area contributed by atoms with Crippen LogP contribution in [0.25, 0.3) is 0 Å². The molecule has 1 rings (SSSR count). The number of nitrogens with one attached hydrogen (secondary N) is 1. The maximum atomic E-state index is 12.3. The van der Waals surface area contributed by atoms with Gasteiger partial charge in [0.25, 0.3) is 0 Å². The van der Waals surface area contributed by atoms with Crippen molar-refractivity contribution in [1.29, 1.82) is 0 Å². The van der Waals surface area contributed by atoms with Gasteiger partial charge in [-0.15, -0.1) is 11.3 Å². The molecule has 0 bridgehead atoms. The zero-order chi connectivity index (χ0) is 15.2. The molecule has 1 amide bonds. The quantitative estimate of drug-likeness (QED) is 0.775. The molecule has 0 radical (unpaired) electrons. The Bertz CT molecular complexity index is 416. The molecule has 5 heteroatoms. The number of nitrogens with two attached hydrogens (primary N) is 1. The van der Waals surface area contributed by atoms with Crippen LogP contribution in [0.5, 0.6) is 0 Å². The van der Waals surface area contributed by atoms with Crippen molar-refractivity contribution in [1.82, 2.24) is 10.3 Å². The molecule has 0 aliphatic carbocycles. The highest BCUT2D eigenvalue weighted by molar-refractivity contribution is 7.09. The minimum absolute atomic E-state index is 0.0734. The second-order valence-corrected chi connectivity index (χ2v) is 6.42. The predicted octanol–water partition coefficient (Wildman–Crippen LogP) is 2.69. The molecule has 114 valence electrons. The van der Waals surface area contributed by atoms with Crippen LogP contribution in [0.1, 0.15) is 57.2 Å². The average molecular weight is 297 g/mol. The highest BCUT2D eigenvalue weighted by Crippen LogP contribution is 2.25. The Kier molecular flexibility index (Phi) is 6.62. The van der Waals surface area contributed by atoms with Gasteiger partial charge >= 0.3 is 0 Å². The molecular formula is C15H27N3OS. The number of carbonyl (C=O) groups is 1. The molecule has 0 aliphatic heterocycles. The molecule has 0 saturated carbocycles. The van der Waals surface area contributed by atoms with Crippen LogP contribution in [0, 0.1) is 5.41 Å². The van der Waals surface area contributed by atoms with Gasteiger partial charge in [-0.05, 0) is 12.8 Å². The normalized spacial score (nSPS) is 11.9. The summed E-state index contributed by atoms with van der Waals surface area (Å²) in [5.74, 6) is 0.540. The van der Waals surface area contributed by atoms with E-state index in [1.807, 2.05) is 13.8 Å². The fraction of sp³-hybridized carbons (Fsp3) is 0.733. The molecule has 0 atom stereocenters. The second kappa shape index (κ2) is 7.74. The van der Waals surface area contributed by atoms with Crippen LogP contribution in [0.3, 0.4) is 0 Å². The van der Waals surface area contributed by atoms with E-state index in [0.717, 1.165) is 30.0 Å².